The fourth-order valence-corrected chi connectivity index (χ4v) is 2.13. The van der Waals surface area contributed by atoms with Crippen molar-refractivity contribution in [2.75, 3.05) is 5.73 Å². The van der Waals surface area contributed by atoms with Gasteiger partial charge in [-0.15, -0.1) is 0 Å². The Balaban J connectivity index is 2.09. The van der Waals surface area contributed by atoms with E-state index in [4.69, 9.17) is 10.2 Å². The number of nitrogens with zero attached hydrogens (tertiary/aromatic N) is 2. The fourth-order valence-electron chi connectivity index (χ4n) is 1.89. The summed E-state index contributed by atoms with van der Waals surface area (Å²) in [5.74, 6) is -0.412. The highest BCUT2D eigenvalue weighted by Crippen LogP contribution is 2.17. The van der Waals surface area contributed by atoms with Gasteiger partial charge in [0, 0.05) is 16.4 Å². The van der Waals surface area contributed by atoms with E-state index in [1.165, 1.54) is 4.57 Å². The van der Waals surface area contributed by atoms with Crippen molar-refractivity contribution < 1.29 is 4.42 Å². The zero-order chi connectivity index (χ0) is 13.4. The van der Waals surface area contributed by atoms with Crippen molar-refractivity contribution in [2.45, 2.75) is 6.54 Å². The molecule has 2 N–H and O–H groups in total. The van der Waals surface area contributed by atoms with Crippen LogP contribution in [-0.4, -0.2) is 9.55 Å². The topological polar surface area (TPSA) is 74.0 Å². The third-order valence-electron chi connectivity index (χ3n) is 2.80. The van der Waals surface area contributed by atoms with Crippen LogP contribution < -0.4 is 11.5 Å². The Bertz CT molecular complexity index is 790. The maximum atomic E-state index is 11.8. The molecule has 0 saturated heterocycles. The van der Waals surface area contributed by atoms with E-state index in [1.807, 2.05) is 12.1 Å². The third-order valence-corrected chi connectivity index (χ3v) is 3.27. The molecule has 0 aliphatic heterocycles. The van der Waals surface area contributed by atoms with Crippen LogP contribution in [0.4, 0.5) is 5.69 Å². The predicted octanol–water partition coefficient (Wildman–Crippen LogP) is 2.38. The van der Waals surface area contributed by atoms with Crippen LogP contribution in [0.1, 0.15) is 5.69 Å². The molecule has 0 aliphatic carbocycles. The van der Waals surface area contributed by atoms with Gasteiger partial charge in [-0.1, -0.05) is 0 Å². The second-order valence-electron chi connectivity index (χ2n) is 4.15. The zero-order valence-electron chi connectivity index (χ0n) is 9.84. The van der Waals surface area contributed by atoms with Crippen LogP contribution in [0.25, 0.3) is 11.1 Å². The van der Waals surface area contributed by atoms with E-state index < -0.39 is 5.76 Å². The average molecular weight is 320 g/mol. The highest BCUT2D eigenvalue weighted by Gasteiger charge is 2.10. The van der Waals surface area contributed by atoms with Crippen molar-refractivity contribution in [3.8, 4) is 0 Å². The molecule has 1 aromatic carbocycles. The van der Waals surface area contributed by atoms with Gasteiger partial charge in [-0.2, -0.15) is 0 Å². The van der Waals surface area contributed by atoms with Crippen molar-refractivity contribution >= 4 is 32.7 Å². The van der Waals surface area contributed by atoms with Crippen molar-refractivity contribution in [2.24, 2.45) is 0 Å². The molecule has 0 bridgehead atoms. The van der Waals surface area contributed by atoms with Crippen molar-refractivity contribution in [1.82, 2.24) is 9.55 Å². The number of pyridine rings is 1. The SMILES string of the molecule is Nc1ccc2oc(=O)n(Cc3ccc(Br)cn3)c2c1. The number of hydrogen-bond donors (Lipinski definition) is 1. The molecule has 2 aromatic heterocycles. The first kappa shape index (κ1) is 12.0. The number of nitrogen functional groups attached to an aromatic ring is 1. The minimum absolute atomic E-state index is 0.350. The van der Waals surface area contributed by atoms with E-state index >= 15 is 0 Å². The van der Waals surface area contributed by atoms with Crippen LogP contribution in [0, 0.1) is 0 Å². The summed E-state index contributed by atoms with van der Waals surface area (Å²) in [5.41, 5.74) is 8.30. The van der Waals surface area contributed by atoms with Crippen LogP contribution in [0.5, 0.6) is 0 Å². The Morgan fingerprint density at radius 1 is 1.32 bits per heavy atom. The van der Waals surface area contributed by atoms with Gasteiger partial charge in [0.05, 0.1) is 17.8 Å². The zero-order valence-corrected chi connectivity index (χ0v) is 11.4. The van der Waals surface area contributed by atoms with Gasteiger partial charge in [-0.25, -0.2) is 4.79 Å². The summed E-state index contributed by atoms with van der Waals surface area (Å²) in [6.07, 6.45) is 1.69. The smallest absolute Gasteiger partial charge is 0.408 e. The summed E-state index contributed by atoms with van der Waals surface area (Å²) in [4.78, 5) is 16.1. The molecule has 6 heteroatoms. The Hall–Kier alpha value is -2.08. The van der Waals surface area contributed by atoms with Crippen LogP contribution in [0.15, 0.2) is 50.2 Å². The molecule has 0 amide bonds. The minimum Gasteiger partial charge on any atom is -0.408 e. The van der Waals surface area contributed by atoms with Crippen molar-refractivity contribution in [3.05, 3.63) is 57.2 Å². The number of rotatable bonds is 2. The lowest BCUT2D eigenvalue weighted by atomic mass is 10.3. The number of fused-ring (bicyclic) bond motifs is 1. The fraction of sp³-hybridized carbons (Fsp3) is 0.0769. The average Bonchev–Trinajstić information content (AvgIpc) is 2.69. The van der Waals surface area contributed by atoms with Gasteiger partial charge in [-0.05, 0) is 46.3 Å². The summed E-state index contributed by atoms with van der Waals surface area (Å²) in [7, 11) is 0. The van der Waals surface area contributed by atoms with Gasteiger partial charge in [0.15, 0.2) is 5.58 Å². The second-order valence-corrected chi connectivity index (χ2v) is 5.06. The van der Waals surface area contributed by atoms with Crippen LogP contribution in [0.2, 0.25) is 0 Å². The summed E-state index contributed by atoms with van der Waals surface area (Å²) >= 11 is 3.32. The lowest BCUT2D eigenvalue weighted by Gasteiger charge is -2.02. The second kappa shape index (κ2) is 4.55. The van der Waals surface area contributed by atoms with E-state index in [-0.39, 0.29) is 0 Å². The highest BCUT2D eigenvalue weighted by molar-refractivity contribution is 9.10. The molecule has 3 rings (SSSR count). The molecule has 0 unspecified atom stereocenters. The van der Waals surface area contributed by atoms with E-state index in [9.17, 15) is 4.79 Å². The molecule has 3 aromatic rings. The Morgan fingerprint density at radius 3 is 2.89 bits per heavy atom. The van der Waals surface area contributed by atoms with Crippen LogP contribution in [-0.2, 0) is 6.54 Å². The molecule has 19 heavy (non-hydrogen) atoms. The van der Waals surface area contributed by atoms with Gasteiger partial charge in [0.2, 0.25) is 0 Å². The standard InChI is InChI=1S/C13H10BrN3O2/c14-8-1-3-10(16-6-8)7-17-11-5-9(15)2-4-12(11)19-13(17)18/h1-6H,7,15H2. The Labute approximate surface area is 116 Å². The molecule has 0 aliphatic rings. The molecule has 0 fully saturated rings. The normalized spacial score (nSPS) is 11.0. The van der Waals surface area contributed by atoms with Crippen LogP contribution in [0.3, 0.4) is 0 Å². The first-order valence-electron chi connectivity index (χ1n) is 5.63. The molecular formula is C13H10BrN3O2. The molecule has 5 nitrogen and oxygen atoms in total. The third kappa shape index (κ3) is 2.26. The number of halogens is 1. The van der Waals surface area contributed by atoms with Gasteiger partial charge in [0.1, 0.15) is 0 Å². The van der Waals surface area contributed by atoms with Crippen molar-refractivity contribution in [3.63, 3.8) is 0 Å². The lowest BCUT2D eigenvalue weighted by Crippen LogP contribution is -2.15. The van der Waals surface area contributed by atoms with E-state index in [0.29, 0.717) is 23.3 Å². The molecule has 0 saturated carbocycles. The monoisotopic (exact) mass is 319 g/mol. The predicted molar refractivity (Wildman–Crippen MR) is 75.9 cm³/mol. The quantitative estimate of drug-likeness (QED) is 0.736. The molecule has 2 heterocycles. The number of oxazole rings is 1. The van der Waals surface area contributed by atoms with Crippen LogP contribution >= 0.6 is 15.9 Å². The van der Waals surface area contributed by atoms with E-state index in [0.717, 1.165) is 10.2 Å². The Morgan fingerprint density at radius 2 is 2.16 bits per heavy atom. The number of hydrogen-bond acceptors (Lipinski definition) is 4. The number of aromatic nitrogens is 2. The first-order valence-corrected chi connectivity index (χ1v) is 6.42. The maximum Gasteiger partial charge on any atom is 0.420 e. The summed E-state index contributed by atoms with van der Waals surface area (Å²) < 4.78 is 7.57. The summed E-state index contributed by atoms with van der Waals surface area (Å²) in [5, 5.41) is 0. The first-order chi connectivity index (χ1) is 9.13. The molecular weight excluding hydrogens is 310 g/mol. The van der Waals surface area contributed by atoms with Gasteiger partial charge in [0.25, 0.3) is 0 Å². The Kier molecular flexibility index (Phi) is 2.87. The van der Waals surface area contributed by atoms with E-state index in [1.54, 1.807) is 24.4 Å². The van der Waals surface area contributed by atoms with Gasteiger partial charge >= 0.3 is 5.76 Å². The molecule has 0 radical (unpaired) electrons. The van der Waals surface area contributed by atoms with Gasteiger partial charge < -0.3 is 10.2 Å². The minimum atomic E-state index is -0.412. The maximum absolute atomic E-state index is 11.8. The molecule has 96 valence electrons. The van der Waals surface area contributed by atoms with E-state index in [2.05, 4.69) is 20.9 Å². The molecule has 0 atom stereocenters. The lowest BCUT2D eigenvalue weighted by molar-refractivity contribution is 0.516. The largest absolute Gasteiger partial charge is 0.420 e. The number of benzene rings is 1. The molecule has 0 spiro atoms. The van der Waals surface area contributed by atoms with Gasteiger partial charge in [-0.3, -0.25) is 9.55 Å². The number of nitrogens with two attached hydrogens (primary N) is 1. The highest BCUT2D eigenvalue weighted by atomic mass is 79.9. The van der Waals surface area contributed by atoms with Crippen molar-refractivity contribution in [1.29, 1.82) is 0 Å². The summed E-state index contributed by atoms with van der Waals surface area (Å²) in [6.45, 7) is 0.350. The number of anilines is 1. The summed E-state index contributed by atoms with van der Waals surface area (Å²) in [6, 6.07) is 8.84.